The summed E-state index contributed by atoms with van der Waals surface area (Å²) in [6.07, 6.45) is 0. The summed E-state index contributed by atoms with van der Waals surface area (Å²) in [6, 6.07) is 4.19. The molecule has 0 heterocycles. The molecule has 2 N–H and O–H groups in total. The Morgan fingerprint density at radius 3 is 2.65 bits per heavy atom. The number of likely N-dealkylation sites (N-methyl/N-ethyl adjacent to an activating group) is 1. The fourth-order valence-corrected chi connectivity index (χ4v) is 2.63. The number of rotatable bonds is 4. The van der Waals surface area contributed by atoms with Crippen molar-refractivity contribution in [1.82, 2.24) is 10.0 Å². The van der Waals surface area contributed by atoms with Crippen LogP contribution in [0.1, 0.15) is 0 Å². The van der Waals surface area contributed by atoms with Gasteiger partial charge < -0.3 is 5.32 Å². The van der Waals surface area contributed by atoms with Gasteiger partial charge in [0.05, 0.1) is 16.5 Å². The monoisotopic (exact) mass is 340 g/mol. The third-order valence-corrected chi connectivity index (χ3v) is 4.52. The summed E-state index contributed by atoms with van der Waals surface area (Å²) in [6.45, 7) is -0.306. The van der Waals surface area contributed by atoms with Gasteiger partial charge in [-0.25, -0.2) is 13.1 Å². The predicted octanol–water partition coefficient (Wildman–Crippen LogP) is 1.13. The number of hydrogen-bond acceptors (Lipinski definition) is 3. The van der Waals surface area contributed by atoms with Crippen LogP contribution in [0.25, 0.3) is 0 Å². The van der Waals surface area contributed by atoms with Crippen molar-refractivity contribution in [2.24, 2.45) is 0 Å². The van der Waals surface area contributed by atoms with E-state index in [9.17, 15) is 13.2 Å². The summed E-state index contributed by atoms with van der Waals surface area (Å²) in [4.78, 5) is 11.0. The van der Waals surface area contributed by atoms with E-state index in [1.54, 1.807) is 0 Å². The number of sulfonamides is 1. The highest BCUT2D eigenvalue weighted by atomic mass is 79.9. The first-order valence-electron chi connectivity index (χ1n) is 4.52. The minimum absolute atomic E-state index is 0.0395. The molecule has 1 amide bonds. The molecule has 17 heavy (non-hydrogen) atoms. The zero-order chi connectivity index (χ0) is 13.1. The van der Waals surface area contributed by atoms with E-state index in [-0.39, 0.29) is 11.4 Å². The molecule has 5 nitrogen and oxygen atoms in total. The summed E-state index contributed by atoms with van der Waals surface area (Å²) in [5, 5.41) is 2.73. The van der Waals surface area contributed by atoms with Gasteiger partial charge in [-0.15, -0.1) is 0 Å². The second-order valence-corrected chi connectivity index (χ2v) is 6.10. The Labute approximate surface area is 113 Å². The highest BCUT2D eigenvalue weighted by molar-refractivity contribution is 9.10. The Morgan fingerprint density at radius 2 is 2.12 bits per heavy atom. The summed E-state index contributed by atoms with van der Waals surface area (Å²) < 4.78 is 26.2. The van der Waals surface area contributed by atoms with Gasteiger partial charge in [0.2, 0.25) is 15.9 Å². The zero-order valence-corrected chi connectivity index (χ0v) is 12.0. The maximum atomic E-state index is 11.8. The Bertz CT molecular complexity index is 533. The molecule has 0 radical (unpaired) electrons. The largest absolute Gasteiger partial charge is 0.358 e. The van der Waals surface area contributed by atoms with Gasteiger partial charge in [0, 0.05) is 11.5 Å². The molecule has 0 spiro atoms. The highest BCUT2D eigenvalue weighted by Gasteiger charge is 2.16. The van der Waals surface area contributed by atoms with E-state index in [1.165, 1.54) is 25.2 Å². The van der Waals surface area contributed by atoms with E-state index >= 15 is 0 Å². The maximum Gasteiger partial charge on any atom is 0.241 e. The number of halogens is 2. The number of carbonyl (C=O) groups is 1. The average Bonchev–Trinajstić information content (AvgIpc) is 2.29. The lowest BCUT2D eigenvalue weighted by Crippen LogP contribution is -2.35. The Kier molecular flexibility index (Phi) is 4.93. The van der Waals surface area contributed by atoms with Crippen molar-refractivity contribution < 1.29 is 13.2 Å². The lowest BCUT2D eigenvalue weighted by molar-refractivity contribution is -0.119. The quantitative estimate of drug-likeness (QED) is 0.862. The number of amides is 1. The number of nitrogens with one attached hydrogen (secondary N) is 2. The van der Waals surface area contributed by atoms with E-state index in [0.717, 1.165) is 0 Å². The van der Waals surface area contributed by atoms with Crippen LogP contribution in [0.4, 0.5) is 0 Å². The molecule has 1 aromatic carbocycles. The molecule has 0 aliphatic carbocycles. The Morgan fingerprint density at radius 1 is 1.47 bits per heavy atom. The van der Waals surface area contributed by atoms with E-state index in [0.29, 0.717) is 9.50 Å². The molecule has 0 aliphatic heterocycles. The molecule has 0 aliphatic rings. The first-order valence-corrected chi connectivity index (χ1v) is 7.17. The number of hydrogen-bond donors (Lipinski definition) is 2. The van der Waals surface area contributed by atoms with Crippen LogP contribution in [0.15, 0.2) is 27.6 Å². The van der Waals surface area contributed by atoms with Gasteiger partial charge in [-0.3, -0.25) is 4.79 Å². The molecule has 0 unspecified atom stereocenters. The molecule has 0 atom stereocenters. The van der Waals surface area contributed by atoms with Crippen molar-refractivity contribution in [3.63, 3.8) is 0 Å². The third kappa shape index (κ3) is 3.95. The first-order chi connectivity index (χ1) is 7.86. The summed E-state index contributed by atoms with van der Waals surface area (Å²) in [7, 11) is -2.28. The Hall–Kier alpha value is -0.630. The fraction of sp³-hybridized carbons (Fsp3) is 0.222. The lowest BCUT2D eigenvalue weighted by Gasteiger charge is -2.06. The predicted molar refractivity (Wildman–Crippen MR) is 68.4 cm³/mol. The second-order valence-electron chi connectivity index (χ2n) is 3.07. The molecular formula is C9H10BrClN2O3S. The SMILES string of the molecule is CNC(=O)CNS(=O)(=O)c1ccc(Cl)c(Br)c1. The van der Waals surface area contributed by atoms with Gasteiger partial charge in [0.25, 0.3) is 0 Å². The van der Waals surface area contributed by atoms with Crippen molar-refractivity contribution in [1.29, 1.82) is 0 Å². The van der Waals surface area contributed by atoms with Crippen molar-refractivity contribution in [2.45, 2.75) is 4.90 Å². The van der Waals surface area contributed by atoms with Crippen LogP contribution in [-0.2, 0) is 14.8 Å². The standard InChI is InChI=1S/C9H10BrClN2O3S/c1-12-9(14)5-13-17(15,16)6-2-3-8(11)7(10)4-6/h2-4,13H,5H2,1H3,(H,12,14). The molecular weight excluding hydrogens is 332 g/mol. The van der Waals surface area contributed by atoms with Crippen molar-refractivity contribution >= 4 is 43.5 Å². The zero-order valence-electron chi connectivity index (χ0n) is 8.83. The van der Waals surface area contributed by atoms with E-state index in [2.05, 4.69) is 26.0 Å². The van der Waals surface area contributed by atoms with Gasteiger partial charge in [0.1, 0.15) is 0 Å². The minimum atomic E-state index is -3.70. The smallest absolute Gasteiger partial charge is 0.241 e. The molecule has 0 saturated heterocycles. The van der Waals surface area contributed by atoms with Gasteiger partial charge >= 0.3 is 0 Å². The van der Waals surface area contributed by atoms with Crippen LogP contribution in [-0.4, -0.2) is 27.9 Å². The highest BCUT2D eigenvalue weighted by Crippen LogP contribution is 2.25. The second kappa shape index (κ2) is 5.81. The van der Waals surface area contributed by atoms with Crippen molar-refractivity contribution in [3.05, 3.63) is 27.7 Å². The Balaban J connectivity index is 2.90. The number of benzene rings is 1. The topological polar surface area (TPSA) is 75.3 Å². The van der Waals surface area contributed by atoms with Crippen molar-refractivity contribution in [2.75, 3.05) is 13.6 Å². The van der Waals surface area contributed by atoms with Crippen LogP contribution in [0.2, 0.25) is 5.02 Å². The molecule has 8 heteroatoms. The van der Waals surface area contributed by atoms with Gasteiger partial charge in [-0.2, -0.15) is 0 Å². The minimum Gasteiger partial charge on any atom is -0.358 e. The van der Waals surface area contributed by atoms with E-state index in [1.807, 2.05) is 0 Å². The molecule has 0 aromatic heterocycles. The van der Waals surface area contributed by atoms with E-state index in [4.69, 9.17) is 11.6 Å². The molecule has 94 valence electrons. The maximum absolute atomic E-state index is 11.8. The molecule has 1 aromatic rings. The van der Waals surface area contributed by atoms with Gasteiger partial charge in [-0.05, 0) is 34.1 Å². The van der Waals surface area contributed by atoms with Crippen LogP contribution < -0.4 is 10.0 Å². The normalized spacial score (nSPS) is 11.2. The molecule has 0 fully saturated rings. The van der Waals surface area contributed by atoms with Gasteiger partial charge in [0.15, 0.2) is 0 Å². The van der Waals surface area contributed by atoms with Crippen LogP contribution in [0.3, 0.4) is 0 Å². The van der Waals surface area contributed by atoms with Crippen LogP contribution >= 0.6 is 27.5 Å². The summed E-state index contributed by atoms with van der Waals surface area (Å²) >= 11 is 8.88. The first kappa shape index (κ1) is 14.4. The fourth-order valence-electron chi connectivity index (χ4n) is 0.976. The molecule has 1 rings (SSSR count). The van der Waals surface area contributed by atoms with E-state index < -0.39 is 15.9 Å². The van der Waals surface area contributed by atoms with Gasteiger partial charge in [-0.1, -0.05) is 11.6 Å². The average molecular weight is 342 g/mol. The summed E-state index contributed by atoms with van der Waals surface area (Å²) in [5.41, 5.74) is 0. The number of carbonyl (C=O) groups excluding carboxylic acids is 1. The lowest BCUT2D eigenvalue weighted by atomic mass is 10.4. The van der Waals surface area contributed by atoms with Crippen LogP contribution in [0.5, 0.6) is 0 Å². The third-order valence-electron chi connectivity index (χ3n) is 1.90. The molecule has 0 saturated carbocycles. The molecule has 0 bridgehead atoms. The summed E-state index contributed by atoms with van der Waals surface area (Å²) in [5.74, 6) is -0.415. The van der Waals surface area contributed by atoms with Crippen molar-refractivity contribution in [3.8, 4) is 0 Å². The van der Waals surface area contributed by atoms with Crippen LogP contribution in [0, 0.1) is 0 Å².